The first-order valence-electron chi connectivity index (χ1n) is 29.4. The first kappa shape index (κ1) is 68.3. The van der Waals surface area contributed by atoms with Crippen LogP contribution in [0.15, 0.2) is 60.8 Å². The molecule has 0 aromatic rings. The molecular weight excluding hydrogens is 961 g/mol. The molecule has 7 N–H and O–H groups in total. The Morgan fingerprint density at radius 3 is 1.31 bits per heavy atom. The molecule has 0 bridgehead atoms. The van der Waals surface area contributed by atoms with E-state index in [1.165, 1.54) is 116 Å². The van der Waals surface area contributed by atoms with E-state index in [-0.39, 0.29) is 19.4 Å². The van der Waals surface area contributed by atoms with Crippen molar-refractivity contribution in [1.82, 2.24) is 0 Å². The van der Waals surface area contributed by atoms with E-state index in [0.29, 0.717) is 19.3 Å². The minimum atomic E-state index is -1.78. The van der Waals surface area contributed by atoms with E-state index in [2.05, 4.69) is 62.5 Å². The van der Waals surface area contributed by atoms with Crippen LogP contribution in [0.1, 0.15) is 213 Å². The number of aliphatic hydroxyl groups is 7. The Hall–Kier alpha value is -2.80. The molecule has 0 saturated carbocycles. The van der Waals surface area contributed by atoms with Gasteiger partial charge in [-0.2, -0.15) is 0 Å². The first-order valence-corrected chi connectivity index (χ1v) is 29.4. The molecule has 2 rings (SSSR count). The van der Waals surface area contributed by atoms with Gasteiger partial charge in [-0.3, -0.25) is 9.59 Å². The molecule has 0 aromatic carbocycles. The summed E-state index contributed by atoms with van der Waals surface area (Å²) < 4.78 is 33.6. The summed E-state index contributed by atoms with van der Waals surface area (Å²) in [5.74, 6) is -0.988. The van der Waals surface area contributed by atoms with Crippen LogP contribution in [-0.4, -0.2) is 142 Å². The van der Waals surface area contributed by atoms with Crippen LogP contribution in [0, 0.1) is 0 Å². The highest BCUT2D eigenvalue weighted by atomic mass is 16.7. The highest BCUT2D eigenvalue weighted by Gasteiger charge is 2.47. The quantitative estimate of drug-likeness (QED) is 0.0171. The maximum atomic E-state index is 13.0. The van der Waals surface area contributed by atoms with E-state index in [0.717, 1.165) is 51.4 Å². The van der Waals surface area contributed by atoms with Gasteiger partial charge in [0, 0.05) is 12.8 Å². The average molecular weight is 1070 g/mol. The maximum Gasteiger partial charge on any atom is 0.306 e. The zero-order valence-corrected chi connectivity index (χ0v) is 46.3. The van der Waals surface area contributed by atoms with Crippen LogP contribution in [0.3, 0.4) is 0 Å². The third kappa shape index (κ3) is 33.3. The summed E-state index contributed by atoms with van der Waals surface area (Å²) >= 11 is 0. The van der Waals surface area contributed by atoms with Gasteiger partial charge >= 0.3 is 11.9 Å². The molecule has 75 heavy (non-hydrogen) atoms. The van der Waals surface area contributed by atoms with E-state index >= 15 is 0 Å². The van der Waals surface area contributed by atoms with Crippen molar-refractivity contribution in [2.75, 3.05) is 26.4 Å². The van der Waals surface area contributed by atoms with Crippen LogP contribution in [0.5, 0.6) is 0 Å². The standard InChI is InChI=1S/C60H104O15/c1-3-5-7-9-11-13-15-17-19-21-22-23-24-25-27-28-30-32-34-36-38-40-42-51(62)70-45-48(73-52(63)43-41-39-37-35-33-31-29-26-20-18-16-14-12-10-8-6-4-2)46-71-59-58(69)56(67)54(65)50(75-59)47-72-60-57(68)55(66)53(64)49(44-61)74-60/h6,8,12,14,18,20,29,31,35,37,48-50,53-61,64-69H,3-5,7,9-11,13,15-17,19,21-28,30,32-34,36,38-47H2,1-2H3/b8-6+,14-12+,20-18+,31-29+,37-35+/t48-,49+,50+,53-,54-,55?,56?,57?,58?,59+,60+/m0/s1. The molecule has 2 aliphatic rings. The lowest BCUT2D eigenvalue weighted by Crippen LogP contribution is -2.61. The number of carbonyl (C=O) groups is 2. The highest BCUT2D eigenvalue weighted by molar-refractivity contribution is 5.70. The SMILES string of the molecule is CC/C=C/C/C=C/C/C=C/C/C=C/C/C=C/CCCC(=O)O[C@@H](COC(=O)CCCCCCCCCCCCCCCCCCCCCCCC)CO[C@@H]1O[C@H](CO[C@@H]2O[C@H](CO)[C@H](O)C(O)C2O)[C@H](O)C(O)C1O. The van der Waals surface area contributed by atoms with Crippen molar-refractivity contribution in [2.24, 2.45) is 0 Å². The predicted molar refractivity (Wildman–Crippen MR) is 293 cm³/mol. The molecule has 0 spiro atoms. The van der Waals surface area contributed by atoms with E-state index in [9.17, 15) is 45.3 Å². The van der Waals surface area contributed by atoms with Crippen molar-refractivity contribution >= 4 is 11.9 Å². The molecule has 0 aliphatic carbocycles. The predicted octanol–water partition coefficient (Wildman–Crippen LogP) is 10.00. The number of esters is 2. The first-order chi connectivity index (χ1) is 36.5. The number of allylic oxidation sites excluding steroid dienone is 10. The normalized spacial score (nSPS) is 24.9. The fraction of sp³-hybridized carbons (Fsp3) is 0.800. The topological polar surface area (TPSA) is 231 Å². The summed E-state index contributed by atoms with van der Waals surface area (Å²) in [5.41, 5.74) is 0. The van der Waals surface area contributed by atoms with Gasteiger partial charge < -0.3 is 64.2 Å². The second kappa shape index (κ2) is 46.1. The van der Waals surface area contributed by atoms with Crippen molar-refractivity contribution in [3.05, 3.63) is 60.8 Å². The number of aliphatic hydroxyl groups excluding tert-OH is 7. The van der Waals surface area contributed by atoms with Crippen LogP contribution in [0.2, 0.25) is 0 Å². The van der Waals surface area contributed by atoms with Crippen LogP contribution >= 0.6 is 0 Å². The lowest BCUT2D eigenvalue weighted by molar-refractivity contribution is -0.332. The second-order valence-corrected chi connectivity index (χ2v) is 20.4. The lowest BCUT2D eigenvalue weighted by Gasteiger charge is -2.42. The van der Waals surface area contributed by atoms with Crippen molar-refractivity contribution in [2.45, 2.75) is 280 Å². The molecule has 434 valence electrons. The Morgan fingerprint density at radius 2 is 0.840 bits per heavy atom. The molecule has 2 fully saturated rings. The van der Waals surface area contributed by atoms with E-state index in [1.54, 1.807) is 0 Å². The van der Waals surface area contributed by atoms with Crippen LogP contribution in [0.4, 0.5) is 0 Å². The molecule has 2 aliphatic heterocycles. The summed E-state index contributed by atoms with van der Waals surface area (Å²) in [4.78, 5) is 25.9. The molecule has 2 heterocycles. The zero-order valence-electron chi connectivity index (χ0n) is 46.3. The van der Waals surface area contributed by atoms with Gasteiger partial charge in [0.05, 0.1) is 19.8 Å². The Morgan fingerprint density at radius 1 is 0.440 bits per heavy atom. The van der Waals surface area contributed by atoms with Gasteiger partial charge in [0.1, 0.15) is 55.4 Å². The largest absolute Gasteiger partial charge is 0.462 e. The number of carbonyl (C=O) groups excluding carboxylic acids is 2. The molecule has 11 atom stereocenters. The van der Waals surface area contributed by atoms with Gasteiger partial charge in [-0.15, -0.1) is 0 Å². The molecule has 15 nitrogen and oxygen atoms in total. The van der Waals surface area contributed by atoms with Crippen molar-refractivity contribution < 1.29 is 73.8 Å². The fourth-order valence-electron chi connectivity index (χ4n) is 9.02. The van der Waals surface area contributed by atoms with E-state index in [1.807, 2.05) is 12.2 Å². The Bertz CT molecular complexity index is 1530. The molecule has 0 aromatic heterocycles. The average Bonchev–Trinajstić information content (AvgIpc) is 3.40. The Labute approximate surface area is 451 Å². The number of hydrogen-bond acceptors (Lipinski definition) is 15. The van der Waals surface area contributed by atoms with Crippen LogP contribution < -0.4 is 0 Å². The summed E-state index contributed by atoms with van der Waals surface area (Å²) in [5, 5.41) is 72.3. The number of hydrogen-bond donors (Lipinski definition) is 7. The molecular formula is C60H104O15. The third-order valence-corrected chi connectivity index (χ3v) is 13.8. The monoisotopic (exact) mass is 1060 g/mol. The van der Waals surface area contributed by atoms with Crippen LogP contribution in [0.25, 0.3) is 0 Å². The molecule has 2 saturated heterocycles. The van der Waals surface area contributed by atoms with Crippen molar-refractivity contribution in [3.8, 4) is 0 Å². The van der Waals surface area contributed by atoms with Crippen molar-refractivity contribution in [1.29, 1.82) is 0 Å². The third-order valence-electron chi connectivity index (χ3n) is 13.8. The molecule has 4 unspecified atom stereocenters. The van der Waals surface area contributed by atoms with E-state index in [4.69, 9.17) is 28.4 Å². The summed E-state index contributed by atoms with van der Waals surface area (Å²) in [6.45, 7) is 2.45. The Kier molecular flexibility index (Phi) is 42.0. The minimum absolute atomic E-state index is 0.0864. The minimum Gasteiger partial charge on any atom is -0.462 e. The van der Waals surface area contributed by atoms with Crippen LogP contribution in [-0.2, 0) is 38.0 Å². The van der Waals surface area contributed by atoms with Gasteiger partial charge in [-0.05, 0) is 51.4 Å². The van der Waals surface area contributed by atoms with Gasteiger partial charge in [0.15, 0.2) is 18.7 Å². The van der Waals surface area contributed by atoms with Gasteiger partial charge in [0.2, 0.25) is 0 Å². The number of unbranched alkanes of at least 4 members (excludes halogenated alkanes) is 22. The fourth-order valence-corrected chi connectivity index (χ4v) is 9.02. The summed E-state index contributed by atoms with van der Waals surface area (Å²) in [7, 11) is 0. The van der Waals surface area contributed by atoms with Crippen molar-refractivity contribution in [3.63, 3.8) is 0 Å². The van der Waals surface area contributed by atoms with Gasteiger partial charge in [-0.1, -0.05) is 209 Å². The Balaban J connectivity index is 1.75. The number of rotatable bonds is 46. The zero-order chi connectivity index (χ0) is 54.6. The summed E-state index contributed by atoms with van der Waals surface area (Å²) in [6, 6.07) is 0. The second-order valence-electron chi connectivity index (χ2n) is 20.4. The molecule has 0 amide bonds. The highest BCUT2D eigenvalue weighted by Crippen LogP contribution is 2.27. The van der Waals surface area contributed by atoms with Gasteiger partial charge in [0.25, 0.3) is 0 Å². The van der Waals surface area contributed by atoms with E-state index < -0.39 is 99.3 Å². The molecule has 0 radical (unpaired) electrons. The number of ether oxygens (including phenoxy) is 6. The molecule has 15 heteroatoms. The smallest absolute Gasteiger partial charge is 0.306 e. The summed E-state index contributed by atoms with van der Waals surface area (Å²) in [6.07, 6.45) is 38.3. The maximum absolute atomic E-state index is 13.0. The lowest BCUT2D eigenvalue weighted by atomic mass is 9.98. The van der Waals surface area contributed by atoms with Gasteiger partial charge in [-0.25, -0.2) is 0 Å².